The van der Waals surface area contributed by atoms with Crippen molar-refractivity contribution in [1.82, 2.24) is 19.6 Å². The van der Waals surface area contributed by atoms with Gasteiger partial charge in [0, 0.05) is 28.9 Å². The molecule has 0 aliphatic carbocycles. The second-order valence-corrected chi connectivity index (χ2v) is 11.6. The summed E-state index contributed by atoms with van der Waals surface area (Å²) in [7, 11) is 0. The van der Waals surface area contributed by atoms with Crippen LogP contribution in [0.4, 0.5) is 9.80 Å². The zero-order valence-corrected chi connectivity index (χ0v) is 26.7. The number of carbonyl (C=O) groups is 4. The van der Waals surface area contributed by atoms with Crippen LogP contribution in [0.2, 0.25) is 0 Å². The number of aromatic nitrogens is 2. The third-order valence-electron chi connectivity index (χ3n) is 7.23. The maximum atomic E-state index is 13.9. The third-order valence-corrected chi connectivity index (χ3v) is 8.05. The number of carbonyl (C=O) groups excluding carboxylic acids is 3. The number of benzene rings is 1. The molecule has 2 heterocycles. The summed E-state index contributed by atoms with van der Waals surface area (Å²) in [5.41, 5.74) is 5.99. The fourth-order valence-corrected chi connectivity index (χ4v) is 5.80. The summed E-state index contributed by atoms with van der Waals surface area (Å²) < 4.78 is 6.18. The van der Waals surface area contributed by atoms with Crippen LogP contribution in [-0.4, -0.2) is 73.8 Å². The number of unbranched alkanes of at least 4 members (excludes halogenated alkanes) is 3. The normalized spacial score (nSPS) is 11.9. The van der Waals surface area contributed by atoms with E-state index in [1.807, 2.05) is 13.8 Å². The van der Waals surface area contributed by atoms with Crippen LogP contribution in [0.3, 0.4) is 0 Å². The Labute approximate surface area is 260 Å². The van der Waals surface area contributed by atoms with E-state index in [-0.39, 0.29) is 40.5 Å². The van der Waals surface area contributed by atoms with Crippen molar-refractivity contribution in [2.45, 2.75) is 85.2 Å². The van der Waals surface area contributed by atoms with Crippen molar-refractivity contribution in [3.05, 3.63) is 51.3 Å². The van der Waals surface area contributed by atoms with E-state index in [2.05, 4.69) is 5.10 Å². The molecule has 1 unspecified atom stereocenters. The van der Waals surface area contributed by atoms with Gasteiger partial charge >= 0.3 is 12.1 Å². The van der Waals surface area contributed by atoms with Gasteiger partial charge in [-0.15, -0.1) is 11.3 Å². The van der Waals surface area contributed by atoms with Gasteiger partial charge in [-0.1, -0.05) is 39.5 Å². The maximum absolute atomic E-state index is 13.9. The highest BCUT2D eigenvalue weighted by Gasteiger charge is 2.36. The number of thiophene rings is 1. The zero-order chi connectivity index (χ0) is 32.6. The molecule has 1 atom stereocenters. The van der Waals surface area contributed by atoms with Gasteiger partial charge in [-0.3, -0.25) is 14.4 Å². The van der Waals surface area contributed by atoms with Crippen molar-refractivity contribution in [3.8, 4) is 5.69 Å². The standard InChI is InChI=1S/C31H41N5O7S/c1-6-9-11-17-34(31(41)42)28(38)23(12-10-7-2)35(19(4)5)27(37)20-13-15-21(16-14-20)36-29(39)24-22(18-44-26(24)32)25(33-36)30(40)43-8-3/h13-16,18-19,23H,6-12,17,32H2,1-5H3,(H,41,42). The summed E-state index contributed by atoms with van der Waals surface area (Å²) in [4.78, 5) is 67.9. The van der Waals surface area contributed by atoms with Crippen LogP contribution in [0.25, 0.3) is 16.5 Å². The molecule has 0 saturated carbocycles. The molecule has 44 heavy (non-hydrogen) atoms. The first-order chi connectivity index (χ1) is 21.0. The number of anilines is 1. The number of nitrogen functional groups attached to an aromatic ring is 1. The lowest BCUT2D eigenvalue weighted by Gasteiger charge is -2.36. The average molecular weight is 628 g/mol. The molecule has 0 radical (unpaired) electrons. The Balaban J connectivity index is 2.01. The van der Waals surface area contributed by atoms with E-state index in [9.17, 15) is 29.1 Å². The largest absolute Gasteiger partial charge is 0.465 e. The summed E-state index contributed by atoms with van der Waals surface area (Å²) in [5, 5.41) is 16.4. The monoisotopic (exact) mass is 627 g/mol. The molecule has 3 aromatic rings. The molecular weight excluding hydrogens is 586 g/mol. The van der Waals surface area contributed by atoms with E-state index in [4.69, 9.17) is 10.5 Å². The second-order valence-electron chi connectivity index (χ2n) is 10.7. The minimum absolute atomic E-state index is 0.0558. The molecule has 0 bridgehead atoms. The SMILES string of the molecule is CCCCCN(C(=O)O)C(=O)C(CCCC)N(C(=O)c1ccc(-n2nc(C(=O)OCC)c3csc(N)c3c2=O)cc1)C(C)C. The Bertz CT molecular complexity index is 1550. The van der Waals surface area contributed by atoms with E-state index in [0.29, 0.717) is 24.6 Å². The Morgan fingerprint density at radius 1 is 1.05 bits per heavy atom. The number of nitrogens with zero attached hydrogens (tertiary/aromatic N) is 4. The first-order valence-corrected chi connectivity index (χ1v) is 15.8. The van der Waals surface area contributed by atoms with Crippen molar-refractivity contribution in [2.75, 3.05) is 18.9 Å². The molecule has 0 saturated heterocycles. The predicted molar refractivity (Wildman–Crippen MR) is 169 cm³/mol. The number of hydrogen-bond donors (Lipinski definition) is 2. The van der Waals surface area contributed by atoms with E-state index < -0.39 is 41.5 Å². The first kappa shape index (κ1) is 34.2. The summed E-state index contributed by atoms with van der Waals surface area (Å²) >= 11 is 1.12. The lowest BCUT2D eigenvalue weighted by atomic mass is 10.0. The predicted octanol–water partition coefficient (Wildman–Crippen LogP) is 5.31. The van der Waals surface area contributed by atoms with Crippen LogP contribution in [0, 0.1) is 0 Å². The molecule has 3 N–H and O–H groups in total. The van der Waals surface area contributed by atoms with E-state index >= 15 is 0 Å². The fourth-order valence-electron chi connectivity index (χ4n) is 5.01. The summed E-state index contributed by atoms with van der Waals surface area (Å²) in [6.07, 6.45) is 2.55. The van der Waals surface area contributed by atoms with Crippen molar-refractivity contribution < 1.29 is 29.0 Å². The van der Waals surface area contributed by atoms with Crippen LogP contribution in [0.15, 0.2) is 34.4 Å². The summed E-state index contributed by atoms with van der Waals surface area (Å²) in [6, 6.07) is 4.65. The topological polar surface area (TPSA) is 165 Å². The average Bonchev–Trinajstić information content (AvgIpc) is 3.38. The number of fused-ring (bicyclic) bond motifs is 1. The van der Waals surface area contributed by atoms with Crippen LogP contribution in [0.5, 0.6) is 0 Å². The highest BCUT2D eigenvalue weighted by Crippen LogP contribution is 2.28. The Morgan fingerprint density at radius 3 is 2.27 bits per heavy atom. The number of hydrogen-bond acceptors (Lipinski definition) is 9. The van der Waals surface area contributed by atoms with Gasteiger partial charge < -0.3 is 20.5 Å². The van der Waals surface area contributed by atoms with Crippen molar-refractivity contribution in [1.29, 1.82) is 0 Å². The summed E-state index contributed by atoms with van der Waals surface area (Å²) in [6.45, 7) is 9.35. The minimum atomic E-state index is -1.34. The number of imide groups is 1. The van der Waals surface area contributed by atoms with Crippen LogP contribution in [-0.2, 0) is 9.53 Å². The lowest BCUT2D eigenvalue weighted by Crippen LogP contribution is -2.54. The van der Waals surface area contributed by atoms with Gasteiger partial charge in [-0.2, -0.15) is 9.78 Å². The van der Waals surface area contributed by atoms with Crippen LogP contribution in [0.1, 0.15) is 94.0 Å². The highest BCUT2D eigenvalue weighted by atomic mass is 32.1. The molecule has 0 aliphatic heterocycles. The Hall–Kier alpha value is -4.26. The number of esters is 1. The number of ether oxygens (including phenoxy) is 1. The van der Waals surface area contributed by atoms with Gasteiger partial charge in [-0.05, 0) is 57.9 Å². The molecule has 238 valence electrons. The van der Waals surface area contributed by atoms with Crippen molar-refractivity contribution in [2.24, 2.45) is 0 Å². The maximum Gasteiger partial charge on any atom is 0.414 e. The number of rotatable bonds is 14. The third kappa shape index (κ3) is 7.44. The van der Waals surface area contributed by atoms with Crippen molar-refractivity contribution in [3.63, 3.8) is 0 Å². The van der Waals surface area contributed by atoms with Gasteiger partial charge in [0.1, 0.15) is 6.04 Å². The van der Waals surface area contributed by atoms with Gasteiger partial charge in [0.25, 0.3) is 17.4 Å². The lowest BCUT2D eigenvalue weighted by molar-refractivity contribution is -0.135. The van der Waals surface area contributed by atoms with Gasteiger partial charge in [-0.25, -0.2) is 14.5 Å². The van der Waals surface area contributed by atoms with E-state index in [1.165, 1.54) is 29.2 Å². The van der Waals surface area contributed by atoms with Crippen LogP contribution >= 0.6 is 11.3 Å². The molecule has 12 nitrogen and oxygen atoms in total. The van der Waals surface area contributed by atoms with E-state index in [1.54, 1.807) is 26.2 Å². The number of nitrogens with two attached hydrogens (primary N) is 1. The minimum Gasteiger partial charge on any atom is -0.465 e. The molecular formula is C31H41N5O7S. The molecule has 0 aliphatic rings. The number of amides is 3. The Kier molecular flexibility index (Phi) is 12.0. The zero-order valence-electron chi connectivity index (χ0n) is 25.9. The molecule has 0 spiro atoms. The quantitative estimate of drug-likeness (QED) is 0.178. The van der Waals surface area contributed by atoms with Gasteiger partial charge in [0.15, 0.2) is 5.69 Å². The highest BCUT2D eigenvalue weighted by molar-refractivity contribution is 7.15. The smallest absolute Gasteiger partial charge is 0.414 e. The molecule has 3 rings (SSSR count). The Morgan fingerprint density at radius 2 is 1.70 bits per heavy atom. The number of carboxylic acid groups (broad SMARTS) is 1. The molecule has 0 fully saturated rings. The van der Waals surface area contributed by atoms with Crippen LogP contribution < -0.4 is 11.3 Å². The van der Waals surface area contributed by atoms with E-state index in [0.717, 1.165) is 40.2 Å². The molecule has 2 aromatic heterocycles. The molecule has 1 aromatic carbocycles. The summed E-state index contributed by atoms with van der Waals surface area (Å²) in [5.74, 6) is -1.77. The fraction of sp³-hybridized carbons (Fsp3) is 0.484. The van der Waals surface area contributed by atoms with Gasteiger partial charge in [0.05, 0.1) is 22.7 Å². The molecule has 3 amide bonds. The first-order valence-electron chi connectivity index (χ1n) is 14.9. The molecule has 13 heteroatoms. The van der Waals surface area contributed by atoms with Gasteiger partial charge in [0.2, 0.25) is 0 Å². The van der Waals surface area contributed by atoms with Crippen molar-refractivity contribution >= 4 is 51.0 Å². The second kappa shape index (κ2) is 15.5.